The van der Waals surface area contributed by atoms with Crippen LogP contribution < -0.4 is 0 Å². The Hall–Kier alpha value is -2.52. The van der Waals surface area contributed by atoms with Gasteiger partial charge in [-0.3, -0.25) is 4.98 Å². The Labute approximate surface area is 129 Å². The van der Waals surface area contributed by atoms with Crippen molar-refractivity contribution in [2.45, 2.75) is 6.42 Å². The Morgan fingerprint density at radius 3 is 2.81 bits per heavy atom. The van der Waals surface area contributed by atoms with E-state index in [4.69, 9.17) is 9.78 Å². The summed E-state index contributed by atoms with van der Waals surface area (Å²) in [4.78, 5) is 8.59. The highest BCUT2D eigenvalue weighted by atomic mass is 79.9. The van der Waals surface area contributed by atoms with Gasteiger partial charge in [0.25, 0.3) is 5.89 Å². The second kappa shape index (κ2) is 5.85. The number of pyridine rings is 1. The second-order valence-electron chi connectivity index (χ2n) is 4.28. The Morgan fingerprint density at radius 1 is 1.19 bits per heavy atom. The van der Waals surface area contributed by atoms with E-state index in [0.29, 0.717) is 23.8 Å². The number of rotatable bonds is 3. The first-order valence-electron chi connectivity index (χ1n) is 6.19. The van der Waals surface area contributed by atoms with E-state index in [1.165, 1.54) is 0 Å². The molecule has 102 valence electrons. The van der Waals surface area contributed by atoms with E-state index in [-0.39, 0.29) is 0 Å². The molecule has 21 heavy (non-hydrogen) atoms. The van der Waals surface area contributed by atoms with Crippen LogP contribution in [-0.4, -0.2) is 15.1 Å². The molecule has 2 aromatic heterocycles. The first-order valence-corrected chi connectivity index (χ1v) is 6.98. The van der Waals surface area contributed by atoms with Crippen molar-refractivity contribution in [2.24, 2.45) is 0 Å². The first-order chi connectivity index (χ1) is 10.3. The van der Waals surface area contributed by atoms with Gasteiger partial charge in [-0.05, 0) is 39.7 Å². The molecular formula is C15H9BrN4O. The van der Waals surface area contributed by atoms with Crippen LogP contribution in [0.3, 0.4) is 0 Å². The lowest BCUT2D eigenvalue weighted by Gasteiger charge is -2.00. The minimum Gasteiger partial charge on any atom is -0.334 e. The van der Waals surface area contributed by atoms with Crippen LogP contribution >= 0.6 is 15.9 Å². The molecule has 3 rings (SSSR count). The zero-order valence-corrected chi connectivity index (χ0v) is 12.4. The molecule has 0 saturated heterocycles. The molecule has 0 fully saturated rings. The minimum atomic E-state index is 0.296. The fourth-order valence-corrected chi connectivity index (χ4v) is 2.15. The maximum Gasteiger partial charge on any atom is 0.258 e. The lowest BCUT2D eigenvalue weighted by molar-refractivity contribution is 0.432. The molecule has 0 atom stereocenters. The van der Waals surface area contributed by atoms with Crippen LogP contribution in [0, 0.1) is 11.3 Å². The molecule has 0 amide bonds. The lowest BCUT2D eigenvalue weighted by atomic mass is 10.1. The molecule has 0 radical (unpaired) electrons. The van der Waals surface area contributed by atoms with E-state index >= 15 is 0 Å². The number of nitriles is 1. The highest BCUT2D eigenvalue weighted by Crippen LogP contribution is 2.25. The summed E-state index contributed by atoms with van der Waals surface area (Å²) in [5.41, 5.74) is 2.26. The van der Waals surface area contributed by atoms with E-state index in [2.05, 4.69) is 37.1 Å². The minimum absolute atomic E-state index is 0.296. The van der Waals surface area contributed by atoms with Crippen LogP contribution in [0.15, 0.2) is 51.6 Å². The second-order valence-corrected chi connectivity index (χ2v) is 5.19. The first kappa shape index (κ1) is 13.5. The molecule has 0 bridgehead atoms. The van der Waals surface area contributed by atoms with Crippen molar-refractivity contribution in [1.29, 1.82) is 5.26 Å². The van der Waals surface area contributed by atoms with Gasteiger partial charge in [-0.2, -0.15) is 10.2 Å². The van der Waals surface area contributed by atoms with E-state index in [9.17, 15) is 0 Å². The molecule has 6 heteroatoms. The summed E-state index contributed by atoms with van der Waals surface area (Å²) in [5, 5.41) is 12.8. The largest absolute Gasteiger partial charge is 0.334 e. The molecular weight excluding hydrogens is 332 g/mol. The number of halogens is 1. The Bertz CT molecular complexity index is 805. The average molecular weight is 341 g/mol. The highest BCUT2D eigenvalue weighted by Gasteiger charge is 2.14. The van der Waals surface area contributed by atoms with Crippen LogP contribution in [0.4, 0.5) is 0 Å². The van der Waals surface area contributed by atoms with Crippen LogP contribution in [0.5, 0.6) is 0 Å². The van der Waals surface area contributed by atoms with Gasteiger partial charge in [0.2, 0.25) is 5.82 Å². The molecule has 0 aliphatic heterocycles. The molecule has 0 N–H and O–H groups in total. The number of benzene rings is 1. The van der Waals surface area contributed by atoms with Gasteiger partial charge < -0.3 is 4.52 Å². The predicted octanol–water partition coefficient (Wildman–Crippen LogP) is 3.63. The summed E-state index contributed by atoms with van der Waals surface area (Å²) in [5.74, 6) is 0.810. The van der Waals surface area contributed by atoms with Gasteiger partial charge in [0, 0.05) is 16.2 Å². The number of nitrogens with zero attached hydrogens (tertiary/aromatic N) is 4. The zero-order valence-electron chi connectivity index (χ0n) is 10.8. The fourth-order valence-electron chi connectivity index (χ4n) is 1.91. The number of hydrogen-bond acceptors (Lipinski definition) is 5. The van der Waals surface area contributed by atoms with Gasteiger partial charge in [0.1, 0.15) is 5.69 Å². The van der Waals surface area contributed by atoms with Crippen molar-refractivity contribution in [3.63, 3.8) is 0 Å². The number of hydrogen-bond donors (Lipinski definition) is 0. The quantitative estimate of drug-likeness (QED) is 0.727. The van der Waals surface area contributed by atoms with Crippen molar-refractivity contribution in [3.05, 3.63) is 52.6 Å². The normalized spacial score (nSPS) is 10.3. The topological polar surface area (TPSA) is 75.6 Å². The van der Waals surface area contributed by atoms with Gasteiger partial charge in [0.05, 0.1) is 12.5 Å². The lowest BCUT2D eigenvalue weighted by Crippen LogP contribution is -1.89. The average Bonchev–Trinajstić information content (AvgIpc) is 2.99. The summed E-state index contributed by atoms with van der Waals surface area (Å²) in [7, 11) is 0. The van der Waals surface area contributed by atoms with Gasteiger partial charge in [0.15, 0.2) is 0 Å². The van der Waals surface area contributed by atoms with E-state index in [0.717, 1.165) is 15.6 Å². The van der Waals surface area contributed by atoms with Crippen LogP contribution in [-0.2, 0) is 6.42 Å². The fraction of sp³-hybridized carbons (Fsp3) is 0.0667. The monoisotopic (exact) mass is 340 g/mol. The van der Waals surface area contributed by atoms with Crippen LogP contribution in [0.2, 0.25) is 0 Å². The van der Waals surface area contributed by atoms with Crippen molar-refractivity contribution >= 4 is 15.9 Å². The highest BCUT2D eigenvalue weighted by molar-refractivity contribution is 9.10. The van der Waals surface area contributed by atoms with E-state index in [1.54, 1.807) is 12.3 Å². The molecule has 0 unspecified atom stereocenters. The molecule has 0 saturated carbocycles. The molecule has 1 aromatic carbocycles. The van der Waals surface area contributed by atoms with Crippen LogP contribution in [0.25, 0.3) is 23.0 Å². The molecule has 5 nitrogen and oxygen atoms in total. The Kier molecular flexibility index (Phi) is 3.75. The molecule has 0 aliphatic carbocycles. The van der Waals surface area contributed by atoms with Crippen molar-refractivity contribution < 1.29 is 4.52 Å². The summed E-state index contributed by atoms with van der Waals surface area (Å²) in [6, 6.07) is 13.3. The molecule has 2 heterocycles. The Balaban J connectivity index is 1.99. The summed E-state index contributed by atoms with van der Waals surface area (Å²) >= 11 is 3.33. The van der Waals surface area contributed by atoms with Gasteiger partial charge in [-0.1, -0.05) is 23.4 Å². The van der Waals surface area contributed by atoms with Gasteiger partial charge >= 0.3 is 0 Å². The number of aromatic nitrogens is 3. The predicted molar refractivity (Wildman–Crippen MR) is 80.0 cm³/mol. The third-order valence-electron chi connectivity index (χ3n) is 2.90. The smallest absolute Gasteiger partial charge is 0.258 e. The third kappa shape index (κ3) is 2.83. The summed E-state index contributed by atoms with van der Waals surface area (Å²) < 4.78 is 6.18. The summed E-state index contributed by atoms with van der Waals surface area (Å²) in [6.45, 7) is 0. The van der Waals surface area contributed by atoms with E-state index in [1.807, 2.05) is 30.3 Å². The SMILES string of the molecule is N#CCc1ccccc1-c1nc(-c2ccc(Br)cn2)no1. The third-order valence-corrected chi connectivity index (χ3v) is 3.37. The zero-order chi connectivity index (χ0) is 14.7. The molecule has 3 aromatic rings. The van der Waals surface area contributed by atoms with Crippen LogP contribution in [0.1, 0.15) is 5.56 Å². The van der Waals surface area contributed by atoms with Crippen molar-refractivity contribution in [3.8, 4) is 29.0 Å². The summed E-state index contributed by atoms with van der Waals surface area (Å²) in [6.07, 6.45) is 1.97. The molecule has 0 aliphatic rings. The van der Waals surface area contributed by atoms with Gasteiger partial charge in [-0.15, -0.1) is 0 Å². The standard InChI is InChI=1S/C15H9BrN4O/c16-11-5-6-13(18-9-11)14-19-15(21-20-14)12-4-2-1-3-10(12)7-8-17/h1-6,9H,7H2. The van der Waals surface area contributed by atoms with Crippen molar-refractivity contribution in [1.82, 2.24) is 15.1 Å². The maximum absolute atomic E-state index is 8.87. The van der Waals surface area contributed by atoms with E-state index < -0.39 is 0 Å². The van der Waals surface area contributed by atoms with Gasteiger partial charge in [-0.25, -0.2) is 0 Å². The molecule has 0 spiro atoms. The van der Waals surface area contributed by atoms with Crippen molar-refractivity contribution in [2.75, 3.05) is 0 Å². The maximum atomic E-state index is 8.87. The Morgan fingerprint density at radius 2 is 2.05 bits per heavy atom.